The van der Waals surface area contributed by atoms with Gasteiger partial charge in [0.1, 0.15) is 0 Å². The molecule has 0 spiro atoms. The van der Waals surface area contributed by atoms with Gasteiger partial charge < -0.3 is 15.2 Å². The van der Waals surface area contributed by atoms with E-state index in [1.165, 1.54) is 22.0 Å². The summed E-state index contributed by atoms with van der Waals surface area (Å²) in [5.74, 6) is 0.0272. The number of amides is 1. The van der Waals surface area contributed by atoms with Gasteiger partial charge in [0.05, 0.1) is 0 Å². The van der Waals surface area contributed by atoms with Crippen LogP contribution in [0.5, 0.6) is 0 Å². The molecule has 1 amide bonds. The Balaban J connectivity index is 2.10. The molecule has 0 aliphatic carbocycles. The normalized spacial score (nSPS) is 11.2. The highest BCUT2D eigenvalue weighted by molar-refractivity contribution is 5.84. The molecule has 0 aliphatic heterocycles. The van der Waals surface area contributed by atoms with Crippen LogP contribution in [0.4, 0.5) is 0 Å². The third-order valence-corrected chi connectivity index (χ3v) is 3.45. The van der Waals surface area contributed by atoms with Crippen molar-refractivity contribution in [1.82, 2.24) is 15.2 Å². The van der Waals surface area contributed by atoms with Gasteiger partial charge in [0.25, 0.3) is 0 Å². The van der Waals surface area contributed by atoms with Crippen LogP contribution in [-0.2, 0) is 17.6 Å². The van der Waals surface area contributed by atoms with Crippen molar-refractivity contribution in [2.24, 2.45) is 0 Å². The third kappa shape index (κ3) is 3.84. The minimum absolute atomic E-state index is 0.0272. The molecule has 0 fully saturated rings. The van der Waals surface area contributed by atoms with E-state index in [0.717, 1.165) is 19.4 Å². The van der Waals surface area contributed by atoms with Crippen LogP contribution in [0.1, 0.15) is 18.1 Å². The zero-order valence-electron chi connectivity index (χ0n) is 12.5. The van der Waals surface area contributed by atoms with E-state index in [-0.39, 0.29) is 5.91 Å². The van der Waals surface area contributed by atoms with Crippen LogP contribution >= 0.6 is 0 Å². The Morgan fingerprint density at radius 1 is 1.30 bits per heavy atom. The van der Waals surface area contributed by atoms with Gasteiger partial charge in [-0.3, -0.25) is 4.79 Å². The molecule has 2 aromatic rings. The molecule has 0 saturated carbocycles. The maximum absolute atomic E-state index is 10.9. The van der Waals surface area contributed by atoms with Crippen LogP contribution in [0.3, 0.4) is 0 Å². The van der Waals surface area contributed by atoms with E-state index in [1.54, 1.807) is 6.92 Å². The minimum Gasteiger partial charge on any atom is -0.361 e. The van der Waals surface area contributed by atoms with Crippen molar-refractivity contribution in [2.45, 2.75) is 19.8 Å². The number of nitrogens with one attached hydrogen (secondary N) is 2. The molecule has 4 nitrogen and oxygen atoms in total. The van der Waals surface area contributed by atoms with Crippen LogP contribution in [0, 0.1) is 0 Å². The second-order valence-corrected chi connectivity index (χ2v) is 5.48. The largest absolute Gasteiger partial charge is 0.361 e. The first-order valence-corrected chi connectivity index (χ1v) is 7.04. The molecule has 1 heterocycles. The van der Waals surface area contributed by atoms with E-state index < -0.39 is 0 Å². The van der Waals surface area contributed by atoms with Gasteiger partial charge in [0, 0.05) is 37.1 Å². The number of H-pyrrole nitrogens is 1. The molecule has 4 heteroatoms. The summed E-state index contributed by atoms with van der Waals surface area (Å²) in [5, 5.41) is 4.14. The van der Waals surface area contributed by atoms with Gasteiger partial charge in [-0.2, -0.15) is 0 Å². The molecule has 0 saturated heterocycles. The van der Waals surface area contributed by atoms with Crippen LogP contribution in [-0.4, -0.2) is 43.0 Å². The summed E-state index contributed by atoms with van der Waals surface area (Å²) >= 11 is 0. The zero-order valence-corrected chi connectivity index (χ0v) is 12.5. The fraction of sp³-hybridized carbons (Fsp3) is 0.438. The predicted octanol–water partition coefficient (Wildman–Crippen LogP) is 1.95. The number of likely N-dealkylation sites (N-methyl/N-ethyl adjacent to an activating group) is 1. The topological polar surface area (TPSA) is 48.1 Å². The number of aromatic nitrogens is 1. The Morgan fingerprint density at radius 3 is 2.80 bits per heavy atom. The quantitative estimate of drug-likeness (QED) is 0.845. The van der Waals surface area contributed by atoms with E-state index in [4.69, 9.17) is 0 Å². The standard InChI is InChI=1S/C16H23N3O/c1-12(20)17-8-6-13-4-5-16-15(10-13)14(11-18-16)7-9-19(2)3/h4-5,10-11,18H,6-9H2,1-3H3,(H,17,20). The van der Waals surface area contributed by atoms with E-state index in [0.29, 0.717) is 6.54 Å². The van der Waals surface area contributed by atoms with Gasteiger partial charge in [-0.05, 0) is 50.2 Å². The second kappa shape index (κ2) is 6.57. The molecule has 0 radical (unpaired) electrons. The second-order valence-electron chi connectivity index (χ2n) is 5.48. The maximum atomic E-state index is 10.9. The summed E-state index contributed by atoms with van der Waals surface area (Å²) in [7, 11) is 4.18. The summed E-state index contributed by atoms with van der Waals surface area (Å²) in [6.45, 7) is 3.29. The molecule has 0 bridgehead atoms. The first-order chi connectivity index (χ1) is 9.56. The van der Waals surface area contributed by atoms with Gasteiger partial charge in [-0.15, -0.1) is 0 Å². The molecule has 0 atom stereocenters. The smallest absolute Gasteiger partial charge is 0.216 e. The zero-order chi connectivity index (χ0) is 14.5. The monoisotopic (exact) mass is 273 g/mol. The van der Waals surface area contributed by atoms with E-state index in [2.05, 4.69) is 53.7 Å². The first-order valence-electron chi connectivity index (χ1n) is 7.04. The number of hydrogen-bond acceptors (Lipinski definition) is 2. The molecule has 2 N–H and O–H groups in total. The molecular formula is C16H23N3O. The summed E-state index contributed by atoms with van der Waals surface area (Å²) in [6, 6.07) is 6.48. The average Bonchev–Trinajstić information content (AvgIpc) is 2.78. The lowest BCUT2D eigenvalue weighted by atomic mass is 10.1. The summed E-state index contributed by atoms with van der Waals surface area (Å²) in [4.78, 5) is 16.4. The average molecular weight is 273 g/mol. The van der Waals surface area contributed by atoms with Crippen molar-refractivity contribution in [1.29, 1.82) is 0 Å². The lowest BCUT2D eigenvalue weighted by Crippen LogP contribution is -2.22. The van der Waals surface area contributed by atoms with Crippen molar-refractivity contribution < 1.29 is 4.79 Å². The van der Waals surface area contributed by atoms with Crippen molar-refractivity contribution in [2.75, 3.05) is 27.2 Å². The minimum atomic E-state index is 0.0272. The summed E-state index contributed by atoms with van der Waals surface area (Å²) in [6.07, 6.45) is 4.02. The SMILES string of the molecule is CC(=O)NCCc1ccc2[nH]cc(CCN(C)C)c2c1. The van der Waals surface area contributed by atoms with E-state index >= 15 is 0 Å². The number of carbonyl (C=O) groups excluding carboxylic acids is 1. The Hall–Kier alpha value is -1.81. The molecule has 108 valence electrons. The molecule has 1 aromatic heterocycles. The molecule has 20 heavy (non-hydrogen) atoms. The number of hydrogen-bond donors (Lipinski definition) is 2. The Kier molecular flexibility index (Phi) is 4.79. The van der Waals surface area contributed by atoms with E-state index in [9.17, 15) is 4.79 Å². The van der Waals surface area contributed by atoms with E-state index in [1.807, 2.05) is 0 Å². The highest BCUT2D eigenvalue weighted by Gasteiger charge is 2.05. The van der Waals surface area contributed by atoms with Gasteiger partial charge in [-0.1, -0.05) is 6.07 Å². The van der Waals surface area contributed by atoms with Gasteiger partial charge in [0.15, 0.2) is 0 Å². The van der Waals surface area contributed by atoms with Crippen molar-refractivity contribution in [3.8, 4) is 0 Å². The predicted molar refractivity (Wildman–Crippen MR) is 82.9 cm³/mol. The Bertz CT molecular complexity index is 586. The molecule has 1 aromatic carbocycles. The number of nitrogens with zero attached hydrogens (tertiary/aromatic N) is 1. The van der Waals surface area contributed by atoms with Gasteiger partial charge >= 0.3 is 0 Å². The van der Waals surface area contributed by atoms with Crippen LogP contribution in [0.15, 0.2) is 24.4 Å². The van der Waals surface area contributed by atoms with Crippen LogP contribution in [0.2, 0.25) is 0 Å². The number of rotatable bonds is 6. The van der Waals surface area contributed by atoms with Crippen molar-refractivity contribution in [3.63, 3.8) is 0 Å². The molecular weight excluding hydrogens is 250 g/mol. The van der Waals surface area contributed by atoms with Crippen molar-refractivity contribution >= 4 is 16.8 Å². The maximum Gasteiger partial charge on any atom is 0.216 e. The van der Waals surface area contributed by atoms with Crippen LogP contribution in [0.25, 0.3) is 10.9 Å². The Morgan fingerprint density at radius 2 is 2.10 bits per heavy atom. The fourth-order valence-electron chi connectivity index (χ4n) is 2.31. The molecule has 2 rings (SSSR count). The number of fused-ring (bicyclic) bond motifs is 1. The highest BCUT2D eigenvalue weighted by atomic mass is 16.1. The highest BCUT2D eigenvalue weighted by Crippen LogP contribution is 2.20. The lowest BCUT2D eigenvalue weighted by molar-refractivity contribution is -0.118. The van der Waals surface area contributed by atoms with Crippen molar-refractivity contribution in [3.05, 3.63) is 35.5 Å². The fourth-order valence-corrected chi connectivity index (χ4v) is 2.31. The summed E-state index contributed by atoms with van der Waals surface area (Å²) in [5.41, 5.74) is 3.80. The molecule has 0 aliphatic rings. The van der Waals surface area contributed by atoms with Gasteiger partial charge in [-0.25, -0.2) is 0 Å². The first kappa shape index (κ1) is 14.6. The number of benzene rings is 1. The summed E-state index contributed by atoms with van der Waals surface area (Å²) < 4.78 is 0. The molecule has 0 unspecified atom stereocenters. The lowest BCUT2D eigenvalue weighted by Gasteiger charge is -2.08. The Labute approximate surface area is 120 Å². The third-order valence-electron chi connectivity index (χ3n) is 3.45. The number of aromatic amines is 1. The number of carbonyl (C=O) groups is 1. The van der Waals surface area contributed by atoms with Gasteiger partial charge in [0.2, 0.25) is 5.91 Å². The van der Waals surface area contributed by atoms with Crippen LogP contribution < -0.4 is 5.32 Å².